The maximum atomic E-state index is 14.1. The number of aromatic nitrogens is 2. The number of nitrogens with one attached hydrogen (secondary N) is 2. The first kappa shape index (κ1) is 34.8. The maximum Gasteiger partial charge on any atom is 0.326 e. The Morgan fingerprint density at radius 3 is 2.16 bits per heavy atom. The number of urea groups is 1. The molecule has 0 radical (unpaired) electrons. The summed E-state index contributed by atoms with van der Waals surface area (Å²) >= 11 is 7.07. The van der Waals surface area contributed by atoms with E-state index >= 15 is 0 Å². The number of amides is 3. The Morgan fingerprint density at radius 2 is 1.46 bits per heavy atom. The molecule has 4 aromatic rings. The largest absolute Gasteiger partial charge is 0.397 e. The lowest BCUT2D eigenvalue weighted by atomic mass is 9.98. The normalized spacial score (nSPS) is 18.8. The molecular weight excluding hydrogens is 762 g/mol. The monoisotopic (exact) mass is 805 g/mol. The number of fused-ring (bicyclic) bond motifs is 1. The number of hydrogen-bond donors (Lipinski definition) is 3. The number of nitrogens with zero attached hydrogens (tertiary/aromatic N) is 4. The highest BCUT2D eigenvalue weighted by molar-refractivity contribution is 9.11. The van der Waals surface area contributed by atoms with Gasteiger partial charge in [0.2, 0.25) is 5.91 Å². The average molecular weight is 808 g/mol. The average Bonchev–Trinajstić information content (AvgIpc) is 3.54. The number of benzene rings is 3. The van der Waals surface area contributed by atoms with Crippen LogP contribution in [0.5, 0.6) is 0 Å². The molecule has 0 unspecified atom stereocenters. The molecule has 12 heteroatoms. The summed E-state index contributed by atoms with van der Waals surface area (Å²) in [5.74, 6) is -0.0468. The summed E-state index contributed by atoms with van der Waals surface area (Å²) in [6.45, 7) is 4.67. The van der Waals surface area contributed by atoms with Gasteiger partial charge in [-0.3, -0.25) is 9.36 Å². The summed E-state index contributed by atoms with van der Waals surface area (Å²) < 4.78 is 3.26. The second-order valence-corrected chi connectivity index (χ2v) is 15.7. The molecule has 7 rings (SSSR count). The van der Waals surface area contributed by atoms with Crippen molar-refractivity contribution in [3.8, 4) is 11.3 Å². The molecule has 1 aromatic heterocycles. The molecule has 1 atom stereocenters. The number of aromatic amines is 1. The number of carbonyl (C=O) groups excluding carboxylic acids is 2. The summed E-state index contributed by atoms with van der Waals surface area (Å²) in [4.78, 5) is 50.3. The summed E-state index contributed by atoms with van der Waals surface area (Å²) in [6, 6.07) is 17.7. The van der Waals surface area contributed by atoms with Crippen LogP contribution in [0.15, 0.2) is 74.5 Å². The van der Waals surface area contributed by atoms with E-state index in [9.17, 15) is 14.4 Å². The van der Waals surface area contributed by atoms with E-state index in [2.05, 4.69) is 71.3 Å². The van der Waals surface area contributed by atoms with Crippen LogP contribution in [-0.4, -0.2) is 87.5 Å². The molecule has 4 heterocycles. The van der Waals surface area contributed by atoms with Gasteiger partial charge in [0.25, 0.3) is 0 Å². The Hall–Kier alpha value is -3.61. The highest BCUT2D eigenvalue weighted by Gasteiger charge is 2.34. The predicted octanol–water partition coefficient (Wildman–Crippen LogP) is 6.54. The van der Waals surface area contributed by atoms with Crippen molar-refractivity contribution in [2.75, 3.05) is 45.0 Å². The van der Waals surface area contributed by atoms with Crippen LogP contribution < -0.4 is 16.7 Å². The number of H-pyrrole nitrogens is 1. The number of nitrogen functional groups attached to an aromatic ring is 1. The number of carbonyl (C=O) groups is 2. The van der Waals surface area contributed by atoms with Crippen LogP contribution >= 0.6 is 31.9 Å². The molecule has 3 aliphatic rings. The first-order valence-electron chi connectivity index (χ1n) is 17.9. The van der Waals surface area contributed by atoms with Gasteiger partial charge in [0.15, 0.2) is 0 Å². The molecule has 264 valence electrons. The summed E-state index contributed by atoms with van der Waals surface area (Å²) in [6.07, 6.45) is 9.27. The van der Waals surface area contributed by atoms with E-state index < -0.39 is 6.04 Å². The minimum atomic E-state index is -0.717. The Kier molecular flexibility index (Phi) is 10.7. The third-order valence-corrected chi connectivity index (χ3v) is 12.1. The van der Waals surface area contributed by atoms with Gasteiger partial charge >= 0.3 is 11.7 Å². The van der Waals surface area contributed by atoms with Gasteiger partial charge in [0, 0.05) is 65.4 Å². The second-order valence-electron chi connectivity index (χ2n) is 14.0. The number of piperidine rings is 3. The van der Waals surface area contributed by atoms with Crippen molar-refractivity contribution in [3.63, 3.8) is 0 Å². The zero-order valence-corrected chi connectivity index (χ0v) is 31.4. The fourth-order valence-electron chi connectivity index (χ4n) is 7.92. The molecule has 3 aromatic carbocycles. The Labute approximate surface area is 309 Å². The number of halogens is 2. The van der Waals surface area contributed by atoms with Gasteiger partial charge in [-0.05, 0) is 118 Å². The standard InChI is InChI=1S/C38H45Br2N7O3/c39-31-20-25(21-32(40)35(31)41)22-33(36(48)45-16-10-29(11-17-45)44-14-4-1-5-15-44)42-37(49)46-18-12-30(13-19-46)47-24-34(43-38(47)50)28-9-8-26-6-2-3-7-27(26)23-28/h2-3,6-9,20-21,23-24,29-30,33H,1,4-5,10-19,22,41H2,(H,42,49)(H,43,50)/t33-/m0/s1. The van der Waals surface area contributed by atoms with Gasteiger partial charge in [-0.1, -0.05) is 42.8 Å². The van der Waals surface area contributed by atoms with Crippen LogP contribution in [0.1, 0.15) is 56.6 Å². The summed E-state index contributed by atoms with van der Waals surface area (Å²) in [7, 11) is 0. The van der Waals surface area contributed by atoms with Crippen LogP contribution in [0.3, 0.4) is 0 Å². The molecule has 0 saturated carbocycles. The number of hydrogen-bond acceptors (Lipinski definition) is 5. The van der Waals surface area contributed by atoms with Crippen LogP contribution in [0.25, 0.3) is 22.0 Å². The van der Waals surface area contributed by atoms with Crippen molar-refractivity contribution in [3.05, 3.63) is 85.8 Å². The quantitative estimate of drug-likeness (QED) is 0.184. The minimum absolute atomic E-state index is 0.0277. The van der Waals surface area contributed by atoms with Crippen molar-refractivity contribution in [2.24, 2.45) is 0 Å². The van der Waals surface area contributed by atoms with Gasteiger partial charge in [-0.25, -0.2) is 9.59 Å². The van der Waals surface area contributed by atoms with E-state index in [0.29, 0.717) is 57.2 Å². The number of nitrogens with two attached hydrogens (primary N) is 1. The molecular formula is C38H45Br2N7O3. The van der Waals surface area contributed by atoms with Gasteiger partial charge in [0.05, 0.1) is 11.4 Å². The van der Waals surface area contributed by atoms with Crippen LogP contribution in [0, 0.1) is 0 Å². The summed E-state index contributed by atoms with van der Waals surface area (Å²) in [5.41, 5.74) is 9.23. The molecule has 3 saturated heterocycles. The van der Waals surface area contributed by atoms with E-state index in [1.54, 1.807) is 9.47 Å². The molecule has 50 heavy (non-hydrogen) atoms. The van der Waals surface area contributed by atoms with Crippen molar-refractivity contribution in [2.45, 2.75) is 69.5 Å². The molecule has 3 amide bonds. The predicted molar refractivity (Wildman–Crippen MR) is 205 cm³/mol. The van der Waals surface area contributed by atoms with Gasteiger partial charge in [0.1, 0.15) is 6.04 Å². The number of rotatable bonds is 7. The lowest BCUT2D eigenvalue weighted by molar-refractivity contribution is -0.134. The first-order valence-corrected chi connectivity index (χ1v) is 19.4. The lowest BCUT2D eigenvalue weighted by Crippen LogP contribution is -2.56. The molecule has 3 aliphatic heterocycles. The van der Waals surface area contributed by atoms with E-state index in [1.807, 2.05) is 41.4 Å². The lowest BCUT2D eigenvalue weighted by Gasteiger charge is -2.41. The van der Waals surface area contributed by atoms with Gasteiger partial charge in [-0.2, -0.15) is 0 Å². The van der Waals surface area contributed by atoms with Crippen molar-refractivity contribution in [1.82, 2.24) is 29.6 Å². The van der Waals surface area contributed by atoms with Gasteiger partial charge < -0.3 is 30.7 Å². The first-order chi connectivity index (χ1) is 24.2. The highest BCUT2D eigenvalue weighted by Crippen LogP contribution is 2.31. The van der Waals surface area contributed by atoms with E-state index in [1.165, 1.54) is 19.3 Å². The molecule has 4 N–H and O–H groups in total. The molecule has 0 bridgehead atoms. The highest BCUT2D eigenvalue weighted by atomic mass is 79.9. The molecule has 0 spiro atoms. The van der Waals surface area contributed by atoms with Gasteiger partial charge in [-0.15, -0.1) is 0 Å². The van der Waals surface area contributed by atoms with Crippen molar-refractivity contribution >= 4 is 60.3 Å². The van der Waals surface area contributed by atoms with Crippen LogP contribution in [-0.2, 0) is 11.2 Å². The minimum Gasteiger partial charge on any atom is -0.397 e. The smallest absolute Gasteiger partial charge is 0.326 e. The zero-order valence-electron chi connectivity index (χ0n) is 28.3. The molecule has 3 fully saturated rings. The fraction of sp³-hybridized carbons (Fsp3) is 0.447. The Balaban J connectivity index is 1.01. The van der Waals surface area contributed by atoms with Crippen molar-refractivity contribution in [1.29, 1.82) is 0 Å². The number of anilines is 1. The Morgan fingerprint density at radius 1 is 0.820 bits per heavy atom. The third-order valence-electron chi connectivity index (χ3n) is 10.8. The van der Waals surface area contributed by atoms with E-state index in [-0.39, 0.29) is 23.7 Å². The van der Waals surface area contributed by atoms with E-state index in [0.717, 1.165) is 62.5 Å². The van der Waals surface area contributed by atoms with Crippen molar-refractivity contribution < 1.29 is 9.59 Å². The SMILES string of the molecule is Nc1c(Br)cc(C[C@H](NC(=O)N2CCC(n3cc(-c4ccc5ccccc5c4)[nH]c3=O)CC2)C(=O)N2CCC(N3CCCCC3)CC2)cc1Br. The number of imidazole rings is 1. The van der Waals surface area contributed by atoms with Crippen LogP contribution in [0.4, 0.5) is 10.5 Å². The number of likely N-dealkylation sites (tertiary alicyclic amines) is 3. The second kappa shape index (κ2) is 15.3. The van der Waals surface area contributed by atoms with Crippen LogP contribution in [0.2, 0.25) is 0 Å². The Bertz CT molecular complexity index is 1880. The third kappa shape index (κ3) is 7.67. The molecule has 10 nitrogen and oxygen atoms in total. The molecule has 0 aliphatic carbocycles. The zero-order chi connectivity index (χ0) is 34.8. The maximum absolute atomic E-state index is 14.1. The van der Waals surface area contributed by atoms with E-state index in [4.69, 9.17) is 5.73 Å². The fourth-order valence-corrected chi connectivity index (χ4v) is 9.20. The summed E-state index contributed by atoms with van der Waals surface area (Å²) in [5, 5.41) is 5.39. The topological polar surface area (TPSA) is 120 Å².